The van der Waals surface area contributed by atoms with Gasteiger partial charge in [-0.05, 0) is 17.5 Å². The van der Waals surface area contributed by atoms with Crippen LogP contribution >= 0.6 is 0 Å². The predicted octanol–water partition coefficient (Wildman–Crippen LogP) is 1.42. The van der Waals surface area contributed by atoms with Crippen LogP contribution in [0.5, 0.6) is 11.5 Å². The Labute approximate surface area is 80.4 Å². The molecule has 2 aromatic carbocycles. The van der Waals surface area contributed by atoms with E-state index in [9.17, 15) is 10.2 Å². The van der Waals surface area contributed by atoms with E-state index in [2.05, 4.69) is 0 Å². The monoisotopic (exact) mass is 190 g/mol. The first-order valence-corrected chi connectivity index (χ1v) is 4.10. The van der Waals surface area contributed by atoms with E-state index in [1.807, 2.05) is 0 Å². The van der Waals surface area contributed by atoms with E-state index in [0.717, 1.165) is 0 Å². The second-order valence-corrected chi connectivity index (χ2v) is 3.10. The fraction of sp³-hybridized carbons (Fsp3) is 0. The highest BCUT2D eigenvalue weighted by Crippen LogP contribution is 2.39. The van der Waals surface area contributed by atoms with Crippen LogP contribution in [0.4, 0.5) is 11.4 Å². The first-order valence-electron chi connectivity index (χ1n) is 4.10. The lowest BCUT2D eigenvalue weighted by molar-refractivity contribution is 0.467. The summed E-state index contributed by atoms with van der Waals surface area (Å²) in [6.45, 7) is 0. The highest BCUT2D eigenvalue weighted by atomic mass is 16.3. The number of phenols is 2. The fourth-order valence-corrected chi connectivity index (χ4v) is 1.41. The summed E-state index contributed by atoms with van der Waals surface area (Å²) in [5.41, 5.74) is 11.4. The summed E-state index contributed by atoms with van der Waals surface area (Å²) in [4.78, 5) is 0. The Morgan fingerprint density at radius 3 is 1.64 bits per heavy atom. The van der Waals surface area contributed by atoms with E-state index in [1.165, 1.54) is 0 Å². The lowest BCUT2D eigenvalue weighted by Crippen LogP contribution is -1.89. The van der Waals surface area contributed by atoms with Gasteiger partial charge in [-0.1, -0.05) is 12.1 Å². The van der Waals surface area contributed by atoms with Gasteiger partial charge in [0, 0.05) is 0 Å². The third-order valence-electron chi connectivity index (χ3n) is 2.19. The number of rotatable bonds is 0. The average Bonchev–Trinajstić information content (AvgIpc) is 2.17. The Kier molecular flexibility index (Phi) is 1.64. The zero-order valence-electron chi connectivity index (χ0n) is 7.36. The molecule has 0 spiro atoms. The van der Waals surface area contributed by atoms with Crippen molar-refractivity contribution < 1.29 is 10.2 Å². The highest BCUT2D eigenvalue weighted by Gasteiger charge is 2.10. The molecule has 72 valence electrons. The summed E-state index contributed by atoms with van der Waals surface area (Å²) in [6.07, 6.45) is 0. The smallest absolute Gasteiger partial charge is 0.150 e. The summed E-state index contributed by atoms with van der Waals surface area (Å²) < 4.78 is 0. The van der Waals surface area contributed by atoms with E-state index in [1.54, 1.807) is 24.3 Å². The summed E-state index contributed by atoms with van der Waals surface area (Å²) in [7, 11) is 0. The first-order chi connectivity index (χ1) is 6.61. The molecule has 4 heteroatoms. The molecule has 0 aromatic heterocycles. The fourth-order valence-electron chi connectivity index (χ4n) is 1.41. The zero-order chi connectivity index (χ0) is 10.3. The first kappa shape index (κ1) is 8.50. The summed E-state index contributed by atoms with van der Waals surface area (Å²) in [6, 6.07) is 6.58. The van der Waals surface area contributed by atoms with Crippen molar-refractivity contribution in [2.24, 2.45) is 0 Å². The standard InChI is InChI=1S/C10H10N2O2/c11-6-3-1-5-2-4-7(12)10(14)8(5)9(6)13/h1-4,13-14H,11-12H2. The Bertz CT molecular complexity index is 466. The van der Waals surface area contributed by atoms with E-state index in [-0.39, 0.29) is 22.9 Å². The van der Waals surface area contributed by atoms with Gasteiger partial charge < -0.3 is 21.7 Å². The molecule has 0 fully saturated rings. The van der Waals surface area contributed by atoms with Gasteiger partial charge in [-0.15, -0.1) is 0 Å². The summed E-state index contributed by atoms with van der Waals surface area (Å²) in [5, 5.41) is 20.2. The Hall–Kier alpha value is -2.10. The molecule has 6 N–H and O–H groups in total. The van der Waals surface area contributed by atoms with Crippen LogP contribution < -0.4 is 11.5 Å². The van der Waals surface area contributed by atoms with Crippen LogP contribution in [0.3, 0.4) is 0 Å². The maximum atomic E-state index is 9.62. The van der Waals surface area contributed by atoms with Crippen molar-refractivity contribution in [3.05, 3.63) is 24.3 Å². The van der Waals surface area contributed by atoms with Crippen LogP contribution in [0.1, 0.15) is 0 Å². The lowest BCUT2D eigenvalue weighted by atomic mass is 10.1. The maximum absolute atomic E-state index is 9.62. The molecule has 0 unspecified atom stereocenters. The van der Waals surface area contributed by atoms with Gasteiger partial charge in [0.25, 0.3) is 0 Å². The number of hydrogen-bond donors (Lipinski definition) is 4. The topological polar surface area (TPSA) is 92.5 Å². The SMILES string of the molecule is Nc1ccc2ccc(N)c(O)c2c1O. The molecule has 0 radical (unpaired) electrons. The number of hydrogen-bond acceptors (Lipinski definition) is 4. The number of nitrogen functional groups attached to an aromatic ring is 2. The molecule has 2 aromatic rings. The van der Waals surface area contributed by atoms with Crippen molar-refractivity contribution in [2.75, 3.05) is 11.5 Å². The van der Waals surface area contributed by atoms with E-state index >= 15 is 0 Å². The van der Waals surface area contributed by atoms with Crippen molar-refractivity contribution in [1.82, 2.24) is 0 Å². The minimum atomic E-state index is -0.132. The van der Waals surface area contributed by atoms with Crippen molar-refractivity contribution in [3.8, 4) is 11.5 Å². The van der Waals surface area contributed by atoms with Gasteiger partial charge in [-0.3, -0.25) is 0 Å². The van der Waals surface area contributed by atoms with Crippen LogP contribution in [0.25, 0.3) is 10.8 Å². The second kappa shape index (κ2) is 2.70. The average molecular weight is 190 g/mol. The van der Waals surface area contributed by atoms with Crippen LogP contribution in [0.2, 0.25) is 0 Å². The van der Waals surface area contributed by atoms with E-state index < -0.39 is 0 Å². The minimum absolute atomic E-state index is 0.132. The molecule has 0 atom stereocenters. The number of anilines is 2. The highest BCUT2D eigenvalue weighted by molar-refractivity contribution is 6.00. The summed E-state index contributed by atoms with van der Waals surface area (Å²) >= 11 is 0. The third kappa shape index (κ3) is 1.01. The largest absolute Gasteiger partial charge is 0.505 e. The second-order valence-electron chi connectivity index (χ2n) is 3.10. The molecular weight excluding hydrogens is 180 g/mol. The predicted molar refractivity (Wildman–Crippen MR) is 56.1 cm³/mol. The number of benzene rings is 2. The molecule has 0 saturated heterocycles. The summed E-state index contributed by atoms with van der Waals surface area (Å²) in [5.74, 6) is -0.264. The van der Waals surface area contributed by atoms with E-state index in [4.69, 9.17) is 11.5 Å². The molecule has 0 amide bonds. The molecule has 2 rings (SSSR count). The van der Waals surface area contributed by atoms with Gasteiger partial charge in [0.05, 0.1) is 16.8 Å². The maximum Gasteiger partial charge on any atom is 0.150 e. The Balaban J connectivity index is 2.98. The number of aromatic hydroxyl groups is 2. The minimum Gasteiger partial charge on any atom is -0.505 e. The molecule has 0 saturated carbocycles. The van der Waals surface area contributed by atoms with Gasteiger partial charge in [-0.25, -0.2) is 0 Å². The molecule has 14 heavy (non-hydrogen) atoms. The van der Waals surface area contributed by atoms with Crippen LogP contribution in [-0.2, 0) is 0 Å². The Morgan fingerprint density at radius 1 is 0.786 bits per heavy atom. The lowest BCUT2D eigenvalue weighted by Gasteiger charge is -2.07. The number of nitrogens with two attached hydrogens (primary N) is 2. The molecule has 0 bridgehead atoms. The molecule has 4 nitrogen and oxygen atoms in total. The van der Waals surface area contributed by atoms with Crippen molar-refractivity contribution >= 4 is 22.1 Å². The third-order valence-corrected chi connectivity index (χ3v) is 2.19. The molecule has 0 aliphatic heterocycles. The van der Waals surface area contributed by atoms with Gasteiger partial charge in [0.2, 0.25) is 0 Å². The van der Waals surface area contributed by atoms with Gasteiger partial charge in [0.1, 0.15) is 11.5 Å². The quantitative estimate of drug-likeness (QED) is 0.373. The Morgan fingerprint density at radius 2 is 1.21 bits per heavy atom. The van der Waals surface area contributed by atoms with E-state index in [0.29, 0.717) is 10.8 Å². The molecule has 0 aliphatic rings. The van der Waals surface area contributed by atoms with Crippen LogP contribution in [0, 0.1) is 0 Å². The van der Waals surface area contributed by atoms with Crippen molar-refractivity contribution in [3.63, 3.8) is 0 Å². The molecular formula is C10H10N2O2. The van der Waals surface area contributed by atoms with Gasteiger partial charge in [0.15, 0.2) is 0 Å². The number of fused-ring (bicyclic) bond motifs is 1. The van der Waals surface area contributed by atoms with Crippen molar-refractivity contribution in [1.29, 1.82) is 0 Å². The normalized spacial score (nSPS) is 10.6. The van der Waals surface area contributed by atoms with Crippen molar-refractivity contribution in [2.45, 2.75) is 0 Å². The number of phenolic OH excluding ortho intramolecular Hbond substituents is 2. The van der Waals surface area contributed by atoms with Crippen LogP contribution in [0.15, 0.2) is 24.3 Å². The molecule has 0 aliphatic carbocycles. The van der Waals surface area contributed by atoms with Crippen LogP contribution in [-0.4, -0.2) is 10.2 Å². The zero-order valence-corrected chi connectivity index (χ0v) is 7.36. The van der Waals surface area contributed by atoms with Gasteiger partial charge in [-0.2, -0.15) is 0 Å². The molecule has 0 heterocycles. The van der Waals surface area contributed by atoms with Gasteiger partial charge >= 0.3 is 0 Å².